The molecule has 0 saturated heterocycles. The molecule has 2 aromatic heterocycles. The number of thiazole rings is 1. The van der Waals surface area contributed by atoms with Crippen LogP contribution in [0.25, 0.3) is 9.88 Å². The van der Waals surface area contributed by atoms with Gasteiger partial charge >= 0.3 is 5.97 Å². The lowest BCUT2D eigenvalue weighted by Gasteiger charge is -2.00. The quantitative estimate of drug-likeness (QED) is 0.610. The molecule has 0 atom stereocenters. The standard InChI is InChI=1S/C12H13NO2S2/c1-2-3-6-15-12(14)9-8-17-11(13-9)10-5-4-7-16-10/h4-5,7-8H,2-3,6H2,1H3. The van der Waals surface area contributed by atoms with Crippen molar-refractivity contribution in [1.29, 1.82) is 0 Å². The van der Waals surface area contributed by atoms with Gasteiger partial charge in [0, 0.05) is 5.38 Å². The normalized spacial score (nSPS) is 10.4. The average Bonchev–Trinajstić information content (AvgIpc) is 3.00. The van der Waals surface area contributed by atoms with Crippen molar-refractivity contribution >= 4 is 28.6 Å². The molecule has 0 aliphatic rings. The first kappa shape index (κ1) is 12.3. The Balaban J connectivity index is 2.01. The number of hydrogen-bond donors (Lipinski definition) is 0. The number of ether oxygens (including phenoxy) is 1. The Morgan fingerprint density at radius 1 is 1.47 bits per heavy atom. The Labute approximate surface area is 108 Å². The third kappa shape index (κ3) is 3.14. The lowest BCUT2D eigenvalue weighted by molar-refractivity contribution is 0.0494. The monoisotopic (exact) mass is 267 g/mol. The minimum absolute atomic E-state index is 0.322. The van der Waals surface area contributed by atoms with Crippen molar-refractivity contribution in [3.05, 3.63) is 28.6 Å². The number of carbonyl (C=O) groups is 1. The minimum atomic E-state index is -0.322. The Hall–Kier alpha value is -1.20. The van der Waals surface area contributed by atoms with E-state index >= 15 is 0 Å². The fourth-order valence-electron chi connectivity index (χ4n) is 1.26. The van der Waals surface area contributed by atoms with E-state index in [0.717, 1.165) is 22.7 Å². The molecule has 0 bridgehead atoms. The number of nitrogens with zero attached hydrogens (tertiary/aromatic N) is 1. The van der Waals surface area contributed by atoms with Gasteiger partial charge in [-0.3, -0.25) is 0 Å². The van der Waals surface area contributed by atoms with Crippen LogP contribution in [0.5, 0.6) is 0 Å². The summed E-state index contributed by atoms with van der Waals surface area (Å²) in [5, 5.41) is 4.63. The topological polar surface area (TPSA) is 39.2 Å². The smallest absolute Gasteiger partial charge is 0.357 e. The maximum Gasteiger partial charge on any atom is 0.357 e. The second kappa shape index (κ2) is 5.93. The number of unbranched alkanes of at least 4 members (excludes halogenated alkanes) is 1. The van der Waals surface area contributed by atoms with Crippen molar-refractivity contribution in [3.8, 4) is 9.88 Å². The van der Waals surface area contributed by atoms with E-state index in [1.54, 1.807) is 16.7 Å². The molecule has 0 N–H and O–H groups in total. The van der Waals surface area contributed by atoms with Gasteiger partial charge in [0.15, 0.2) is 5.69 Å². The number of hydrogen-bond acceptors (Lipinski definition) is 5. The molecule has 0 aliphatic heterocycles. The molecule has 0 radical (unpaired) electrons. The second-order valence-electron chi connectivity index (χ2n) is 3.50. The first-order chi connectivity index (χ1) is 8.31. The molecule has 0 saturated carbocycles. The van der Waals surface area contributed by atoms with Crippen LogP contribution in [0.15, 0.2) is 22.9 Å². The lowest BCUT2D eigenvalue weighted by atomic mass is 10.4. The first-order valence-corrected chi connectivity index (χ1v) is 7.23. The van der Waals surface area contributed by atoms with Crippen LogP contribution < -0.4 is 0 Å². The van der Waals surface area contributed by atoms with E-state index in [1.807, 2.05) is 17.5 Å². The van der Waals surface area contributed by atoms with E-state index in [1.165, 1.54) is 11.3 Å². The number of esters is 1. The molecular weight excluding hydrogens is 254 g/mol. The maximum atomic E-state index is 11.6. The third-order valence-corrected chi connectivity index (χ3v) is 4.06. The number of aromatic nitrogens is 1. The van der Waals surface area contributed by atoms with Gasteiger partial charge in [0.2, 0.25) is 0 Å². The van der Waals surface area contributed by atoms with E-state index in [2.05, 4.69) is 11.9 Å². The van der Waals surface area contributed by atoms with Crippen LogP contribution in [0.3, 0.4) is 0 Å². The van der Waals surface area contributed by atoms with Gasteiger partial charge in [-0.15, -0.1) is 22.7 Å². The van der Waals surface area contributed by atoms with Gasteiger partial charge in [0.05, 0.1) is 11.5 Å². The number of rotatable bonds is 5. The second-order valence-corrected chi connectivity index (χ2v) is 5.31. The van der Waals surface area contributed by atoms with Crippen molar-refractivity contribution in [2.45, 2.75) is 19.8 Å². The zero-order valence-electron chi connectivity index (χ0n) is 9.51. The van der Waals surface area contributed by atoms with Crippen molar-refractivity contribution in [2.75, 3.05) is 6.61 Å². The van der Waals surface area contributed by atoms with Crippen molar-refractivity contribution < 1.29 is 9.53 Å². The summed E-state index contributed by atoms with van der Waals surface area (Å²) >= 11 is 3.09. The number of carbonyl (C=O) groups excluding carboxylic acids is 1. The van der Waals surface area contributed by atoms with E-state index < -0.39 is 0 Å². The summed E-state index contributed by atoms with van der Waals surface area (Å²) in [5.41, 5.74) is 0.412. The van der Waals surface area contributed by atoms with Crippen molar-refractivity contribution in [2.24, 2.45) is 0 Å². The van der Waals surface area contributed by atoms with E-state index in [-0.39, 0.29) is 5.97 Å². The molecule has 0 amide bonds. The molecule has 2 heterocycles. The Morgan fingerprint density at radius 2 is 2.35 bits per heavy atom. The van der Waals surface area contributed by atoms with Crippen molar-refractivity contribution in [3.63, 3.8) is 0 Å². The van der Waals surface area contributed by atoms with Crippen LogP contribution in [0, 0.1) is 0 Å². The van der Waals surface area contributed by atoms with Crippen molar-refractivity contribution in [1.82, 2.24) is 4.98 Å². The Kier molecular flexibility index (Phi) is 4.28. The lowest BCUT2D eigenvalue weighted by Crippen LogP contribution is -2.06. The fraction of sp³-hybridized carbons (Fsp3) is 0.333. The van der Waals surface area contributed by atoms with E-state index in [0.29, 0.717) is 12.3 Å². The molecule has 0 aliphatic carbocycles. The van der Waals surface area contributed by atoms with Crippen LogP contribution in [0.1, 0.15) is 30.3 Å². The summed E-state index contributed by atoms with van der Waals surface area (Å²) in [6.07, 6.45) is 1.92. The van der Waals surface area contributed by atoms with Crippen LogP contribution >= 0.6 is 22.7 Å². The van der Waals surface area contributed by atoms with Gasteiger partial charge in [-0.1, -0.05) is 19.4 Å². The van der Waals surface area contributed by atoms with Crippen LogP contribution in [0.2, 0.25) is 0 Å². The van der Waals surface area contributed by atoms with Gasteiger partial charge in [-0.25, -0.2) is 9.78 Å². The largest absolute Gasteiger partial charge is 0.461 e. The summed E-state index contributed by atoms with van der Waals surface area (Å²) in [6.45, 7) is 2.53. The summed E-state index contributed by atoms with van der Waals surface area (Å²) < 4.78 is 5.11. The molecule has 2 rings (SSSR count). The van der Waals surface area contributed by atoms with Gasteiger partial charge < -0.3 is 4.74 Å². The van der Waals surface area contributed by atoms with Crippen LogP contribution in [-0.4, -0.2) is 17.6 Å². The van der Waals surface area contributed by atoms with Crippen LogP contribution in [-0.2, 0) is 4.74 Å². The highest BCUT2D eigenvalue weighted by Gasteiger charge is 2.13. The molecule has 0 aromatic carbocycles. The molecule has 2 aromatic rings. The van der Waals surface area contributed by atoms with Gasteiger partial charge in [0.1, 0.15) is 5.01 Å². The highest BCUT2D eigenvalue weighted by molar-refractivity contribution is 7.20. The van der Waals surface area contributed by atoms with Gasteiger partial charge in [0.25, 0.3) is 0 Å². The molecule has 0 spiro atoms. The fourth-order valence-corrected chi connectivity index (χ4v) is 2.87. The van der Waals surface area contributed by atoms with E-state index in [9.17, 15) is 4.79 Å². The molecule has 17 heavy (non-hydrogen) atoms. The number of thiophene rings is 1. The predicted octanol–water partition coefficient (Wildman–Crippen LogP) is 3.83. The molecule has 90 valence electrons. The SMILES string of the molecule is CCCCOC(=O)c1csc(-c2cccs2)n1. The zero-order chi connectivity index (χ0) is 12.1. The van der Waals surface area contributed by atoms with E-state index in [4.69, 9.17) is 4.74 Å². The minimum Gasteiger partial charge on any atom is -0.461 e. The maximum absolute atomic E-state index is 11.6. The average molecular weight is 267 g/mol. The highest BCUT2D eigenvalue weighted by atomic mass is 32.1. The van der Waals surface area contributed by atoms with Gasteiger partial charge in [-0.2, -0.15) is 0 Å². The summed E-state index contributed by atoms with van der Waals surface area (Å²) in [5.74, 6) is -0.322. The summed E-state index contributed by atoms with van der Waals surface area (Å²) in [6, 6.07) is 3.97. The Bertz CT molecular complexity index is 476. The molecule has 0 unspecified atom stereocenters. The van der Waals surface area contributed by atoms with Gasteiger partial charge in [-0.05, 0) is 17.9 Å². The Morgan fingerprint density at radius 3 is 3.06 bits per heavy atom. The van der Waals surface area contributed by atoms with Crippen LogP contribution in [0.4, 0.5) is 0 Å². The zero-order valence-corrected chi connectivity index (χ0v) is 11.1. The molecule has 5 heteroatoms. The first-order valence-electron chi connectivity index (χ1n) is 5.47. The summed E-state index contributed by atoms with van der Waals surface area (Å²) in [4.78, 5) is 17.0. The molecule has 0 fully saturated rings. The molecule has 3 nitrogen and oxygen atoms in total. The summed E-state index contributed by atoms with van der Waals surface area (Å²) in [7, 11) is 0. The third-order valence-electron chi connectivity index (χ3n) is 2.18. The predicted molar refractivity (Wildman–Crippen MR) is 70.6 cm³/mol. The molecular formula is C12H13NO2S2. The highest BCUT2D eigenvalue weighted by Crippen LogP contribution is 2.27.